The highest BCUT2D eigenvalue weighted by atomic mass is 19.3. The molecule has 0 saturated carbocycles. The third-order valence-electron chi connectivity index (χ3n) is 1.90. The minimum Gasteiger partial charge on any atom is -0.497 e. The van der Waals surface area contributed by atoms with Crippen LogP contribution in [0.3, 0.4) is 0 Å². The standard InChI is InChI=1S/C10H12F2O2/c1-14-8-4-2-7(3-5-8)9(13)6-10(11)12/h2-5,9-10,13H,6H2,1H3. The highest BCUT2D eigenvalue weighted by molar-refractivity contribution is 5.28. The van der Waals surface area contributed by atoms with Gasteiger partial charge in [0.05, 0.1) is 13.2 Å². The molecule has 78 valence electrons. The maximum absolute atomic E-state index is 11.9. The number of rotatable bonds is 4. The summed E-state index contributed by atoms with van der Waals surface area (Å²) >= 11 is 0. The van der Waals surface area contributed by atoms with Crippen LogP contribution in [0.1, 0.15) is 18.1 Å². The first-order chi connectivity index (χ1) is 6.63. The Morgan fingerprint density at radius 2 is 1.86 bits per heavy atom. The molecule has 1 rings (SSSR count). The van der Waals surface area contributed by atoms with Gasteiger partial charge in [0.1, 0.15) is 5.75 Å². The first-order valence-electron chi connectivity index (χ1n) is 4.23. The van der Waals surface area contributed by atoms with E-state index in [4.69, 9.17) is 4.74 Å². The van der Waals surface area contributed by atoms with Crippen LogP contribution in [0.4, 0.5) is 8.78 Å². The molecule has 0 amide bonds. The van der Waals surface area contributed by atoms with Gasteiger partial charge in [-0.15, -0.1) is 0 Å². The zero-order valence-corrected chi connectivity index (χ0v) is 7.78. The lowest BCUT2D eigenvalue weighted by atomic mass is 10.1. The second kappa shape index (κ2) is 4.91. The van der Waals surface area contributed by atoms with Crippen molar-refractivity contribution >= 4 is 0 Å². The molecule has 1 N–H and O–H groups in total. The Labute approximate surface area is 81.1 Å². The first kappa shape index (κ1) is 10.9. The van der Waals surface area contributed by atoms with E-state index in [0.29, 0.717) is 11.3 Å². The fourth-order valence-corrected chi connectivity index (χ4v) is 1.13. The summed E-state index contributed by atoms with van der Waals surface area (Å²) in [4.78, 5) is 0. The van der Waals surface area contributed by atoms with Crippen LogP contribution >= 0.6 is 0 Å². The normalized spacial score (nSPS) is 12.9. The van der Waals surface area contributed by atoms with Gasteiger partial charge in [-0.3, -0.25) is 0 Å². The zero-order valence-electron chi connectivity index (χ0n) is 7.78. The Morgan fingerprint density at radius 3 is 2.29 bits per heavy atom. The maximum atomic E-state index is 11.9. The van der Waals surface area contributed by atoms with Gasteiger partial charge in [0.2, 0.25) is 6.43 Å². The van der Waals surface area contributed by atoms with Crippen molar-refractivity contribution in [2.24, 2.45) is 0 Å². The molecule has 1 aromatic rings. The monoisotopic (exact) mass is 202 g/mol. The van der Waals surface area contributed by atoms with Crippen molar-refractivity contribution in [1.29, 1.82) is 0 Å². The fraction of sp³-hybridized carbons (Fsp3) is 0.400. The summed E-state index contributed by atoms with van der Waals surface area (Å²) in [5, 5.41) is 9.33. The fourth-order valence-electron chi connectivity index (χ4n) is 1.13. The summed E-state index contributed by atoms with van der Waals surface area (Å²) in [6.45, 7) is 0. The summed E-state index contributed by atoms with van der Waals surface area (Å²) in [7, 11) is 1.52. The highest BCUT2D eigenvalue weighted by Gasteiger charge is 2.13. The summed E-state index contributed by atoms with van der Waals surface area (Å²) < 4.78 is 28.8. The van der Waals surface area contributed by atoms with Crippen molar-refractivity contribution < 1.29 is 18.6 Å². The van der Waals surface area contributed by atoms with Crippen LogP contribution in [0.25, 0.3) is 0 Å². The minimum atomic E-state index is -2.49. The van der Waals surface area contributed by atoms with Crippen LogP contribution in [0, 0.1) is 0 Å². The van der Waals surface area contributed by atoms with Gasteiger partial charge in [-0.25, -0.2) is 8.78 Å². The Morgan fingerprint density at radius 1 is 1.29 bits per heavy atom. The quantitative estimate of drug-likeness (QED) is 0.812. The van der Waals surface area contributed by atoms with Gasteiger partial charge >= 0.3 is 0 Å². The highest BCUT2D eigenvalue weighted by Crippen LogP contribution is 2.22. The lowest BCUT2D eigenvalue weighted by Gasteiger charge is -2.10. The maximum Gasteiger partial charge on any atom is 0.241 e. The van der Waals surface area contributed by atoms with Gasteiger partial charge in [0.15, 0.2) is 0 Å². The van der Waals surface area contributed by atoms with Crippen LogP contribution in [0.15, 0.2) is 24.3 Å². The molecule has 14 heavy (non-hydrogen) atoms. The largest absolute Gasteiger partial charge is 0.497 e. The van der Waals surface area contributed by atoms with Crippen molar-refractivity contribution in [1.82, 2.24) is 0 Å². The topological polar surface area (TPSA) is 29.5 Å². The van der Waals surface area contributed by atoms with E-state index in [0.717, 1.165) is 0 Å². The second-order valence-corrected chi connectivity index (χ2v) is 2.92. The predicted molar refractivity (Wildman–Crippen MR) is 48.6 cm³/mol. The first-order valence-corrected chi connectivity index (χ1v) is 4.23. The molecule has 0 aliphatic carbocycles. The molecule has 1 atom stereocenters. The van der Waals surface area contributed by atoms with Crippen LogP contribution in [-0.2, 0) is 0 Å². The van der Waals surface area contributed by atoms with Gasteiger partial charge in [0.25, 0.3) is 0 Å². The van der Waals surface area contributed by atoms with E-state index in [9.17, 15) is 13.9 Å². The zero-order chi connectivity index (χ0) is 10.6. The van der Waals surface area contributed by atoms with Crippen LogP contribution in [0.2, 0.25) is 0 Å². The molecule has 0 fully saturated rings. The van der Waals surface area contributed by atoms with Gasteiger partial charge in [0, 0.05) is 6.42 Å². The number of aliphatic hydroxyl groups is 1. The minimum absolute atomic E-state index is 0.478. The van der Waals surface area contributed by atoms with Crippen molar-refractivity contribution in [3.05, 3.63) is 29.8 Å². The Bertz CT molecular complexity index is 272. The predicted octanol–water partition coefficient (Wildman–Crippen LogP) is 2.38. The summed E-state index contributed by atoms with van der Waals surface area (Å²) in [5.74, 6) is 0.637. The van der Waals surface area contributed by atoms with E-state index in [2.05, 4.69) is 0 Å². The number of hydrogen-bond donors (Lipinski definition) is 1. The molecule has 1 unspecified atom stereocenters. The van der Waals surface area contributed by atoms with Gasteiger partial charge in [-0.1, -0.05) is 12.1 Å². The number of methoxy groups -OCH3 is 1. The molecule has 0 aliphatic heterocycles. The number of hydrogen-bond acceptors (Lipinski definition) is 2. The molecule has 0 saturated heterocycles. The van der Waals surface area contributed by atoms with E-state index in [1.54, 1.807) is 24.3 Å². The number of aliphatic hydroxyl groups excluding tert-OH is 1. The molecular weight excluding hydrogens is 190 g/mol. The van der Waals surface area contributed by atoms with Gasteiger partial charge in [-0.05, 0) is 17.7 Å². The van der Waals surface area contributed by atoms with Crippen molar-refractivity contribution in [3.8, 4) is 5.75 Å². The molecule has 4 heteroatoms. The van der Waals surface area contributed by atoms with E-state index >= 15 is 0 Å². The number of halogens is 2. The smallest absolute Gasteiger partial charge is 0.241 e. The molecule has 0 spiro atoms. The third-order valence-corrected chi connectivity index (χ3v) is 1.90. The average Bonchev–Trinajstić information content (AvgIpc) is 2.17. The van der Waals surface area contributed by atoms with Gasteiger partial charge < -0.3 is 9.84 Å². The van der Waals surface area contributed by atoms with Gasteiger partial charge in [-0.2, -0.15) is 0 Å². The molecule has 0 bridgehead atoms. The summed E-state index contributed by atoms with van der Waals surface area (Å²) in [5.41, 5.74) is 0.478. The lowest BCUT2D eigenvalue weighted by molar-refractivity contribution is 0.0611. The van der Waals surface area contributed by atoms with Crippen molar-refractivity contribution in [3.63, 3.8) is 0 Å². The number of alkyl halides is 2. The van der Waals surface area contributed by atoms with Crippen molar-refractivity contribution in [2.45, 2.75) is 19.0 Å². The molecule has 0 radical (unpaired) electrons. The van der Waals surface area contributed by atoms with Crippen molar-refractivity contribution in [2.75, 3.05) is 7.11 Å². The Kier molecular flexibility index (Phi) is 3.83. The number of benzene rings is 1. The third kappa shape index (κ3) is 2.96. The Balaban J connectivity index is 2.66. The molecule has 0 heterocycles. The van der Waals surface area contributed by atoms with Crippen LogP contribution in [-0.4, -0.2) is 18.6 Å². The average molecular weight is 202 g/mol. The Hall–Kier alpha value is -1.16. The van der Waals surface area contributed by atoms with Crippen LogP contribution in [0.5, 0.6) is 5.75 Å². The second-order valence-electron chi connectivity index (χ2n) is 2.92. The molecular formula is C10H12F2O2. The number of ether oxygens (including phenoxy) is 1. The molecule has 0 aliphatic rings. The van der Waals surface area contributed by atoms with E-state index in [1.165, 1.54) is 7.11 Å². The van der Waals surface area contributed by atoms with E-state index in [1.807, 2.05) is 0 Å². The summed E-state index contributed by atoms with van der Waals surface area (Å²) in [6, 6.07) is 6.41. The lowest BCUT2D eigenvalue weighted by Crippen LogP contribution is -2.03. The molecule has 1 aromatic carbocycles. The SMILES string of the molecule is COc1ccc(C(O)CC(F)F)cc1. The van der Waals surface area contributed by atoms with E-state index < -0.39 is 19.0 Å². The molecule has 0 aromatic heterocycles. The molecule has 2 nitrogen and oxygen atoms in total. The van der Waals surface area contributed by atoms with Crippen LogP contribution < -0.4 is 4.74 Å². The summed E-state index contributed by atoms with van der Waals surface area (Å²) in [6.07, 6.45) is -4.14. The van der Waals surface area contributed by atoms with E-state index in [-0.39, 0.29) is 0 Å².